The molecule has 0 unspecified atom stereocenters. The number of rotatable bonds is 3. The Morgan fingerprint density at radius 1 is 1.17 bits per heavy atom. The van der Waals surface area contributed by atoms with Crippen LogP contribution in [0.4, 0.5) is 0 Å². The van der Waals surface area contributed by atoms with Gasteiger partial charge in [-0.2, -0.15) is 0 Å². The van der Waals surface area contributed by atoms with Gasteiger partial charge in [-0.25, -0.2) is 0 Å². The van der Waals surface area contributed by atoms with Crippen molar-refractivity contribution in [3.05, 3.63) is 57.3 Å². The van der Waals surface area contributed by atoms with Crippen molar-refractivity contribution in [2.45, 2.75) is 12.8 Å². The van der Waals surface area contributed by atoms with Crippen LogP contribution in [-0.4, -0.2) is 25.0 Å². The molecule has 23 heavy (non-hydrogen) atoms. The molecule has 0 radical (unpaired) electrons. The molecule has 118 valence electrons. The van der Waals surface area contributed by atoms with Gasteiger partial charge in [-0.3, -0.25) is 9.78 Å². The molecule has 1 aliphatic carbocycles. The van der Waals surface area contributed by atoms with Crippen molar-refractivity contribution in [3.8, 4) is 11.5 Å². The zero-order valence-corrected chi connectivity index (χ0v) is 14.5. The topological polar surface area (TPSA) is 48.4 Å². The van der Waals surface area contributed by atoms with E-state index >= 15 is 0 Å². The summed E-state index contributed by atoms with van der Waals surface area (Å²) >= 11 is 3.46. The molecule has 3 rings (SSSR count). The molecule has 1 aliphatic rings. The van der Waals surface area contributed by atoms with E-state index in [0.717, 1.165) is 27.6 Å². The minimum atomic E-state index is 0.0379. The number of nitrogens with zero attached hydrogens (tertiary/aromatic N) is 1. The van der Waals surface area contributed by atoms with E-state index in [2.05, 4.69) is 20.9 Å². The predicted molar refractivity (Wildman–Crippen MR) is 92.1 cm³/mol. The normalized spacial score (nSPS) is 15.4. The molecule has 0 amide bonds. The number of halogens is 1. The van der Waals surface area contributed by atoms with Crippen LogP contribution >= 0.6 is 15.9 Å². The van der Waals surface area contributed by atoms with Crippen molar-refractivity contribution in [3.63, 3.8) is 0 Å². The number of fused-ring (bicyclic) bond motifs is 1. The number of pyridine rings is 1. The molecular formula is C18H16BrNO3. The molecule has 1 aromatic heterocycles. The molecule has 1 heterocycles. The van der Waals surface area contributed by atoms with E-state index in [-0.39, 0.29) is 5.78 Å². The minimum Gasteiger partial charge on any atom is -0.493 e. The highest BCUT2D eigenvalue weighted by atomic mass is 79.9. The molecule has 0 fully saturated rings. The molecule has 0 bridgehead atoms. The van der Waals surface area contributed by atoms with Crippen molar-refractivity contribution in [2.24, 2.45) is 0 Å². The molecule has 0 N–H and O–H groups in total. The molecule has 0 saturated heterocycles. The number of benzene rings is 1. The van der Waals surface area contributed by atoms with Gasteiger partial charge in [-0.1, -0.05) is 0 Å². The average Bonchev–Trinajstić information content (AvgIpc) is 2.58. The summed E-state index contributed by atoms with van der Waals surface area (Å²) in [7, 11) is 3.17. The molecule has 0 atom stereocenters. The predicted octanol–water partition coefficient (Wildman–Crippen LogP) is 4.07. The molecule has 5 heteroatoms. The van der Waals surface area contributed by atoms with Crippen LogP contribution in [0.25, 0.3) is 6.08 Å². The summed E-state index contributed by atoms with van der Waals surface area (Å²) in [5.74, 6) is 1.27. The third kappa shape index (κ3) is 3.01. The highest BCUT2D eigenvalue weighted by Gasteiger charge is 2.24. The smallest absolute Gasteiger partial charge is 0.189 e. The van der Waals surface area contributed by atoms with Gasteiger partial charge in [0.25, 0.3) is 0 Å². The SMILES string of the molecule is COc1cc2c(cc1OC)C(=O)C(=Cc1ccncc1Br)CC2. The van der Waals surface area contributed by atoms with Gasteiger partial charge in [0.15, 0.2) is 17.3 Å². The van der Waals surface area contributed by atoms with E-state index in [0.29, 0.717) is 23.5 Å². The van der Waals surface area contributed by atoms with E-state index < -0.39 is 0 Å². The van der Waals surface area contributed by atoms with Crippen LogP contribution < -0.4 is 9.47 Å². The third-order valence-electron chi connectivity index (χ3n) is 3.94. The lowest BCUT2D eigenvalue weighted by Gasteiger charge is -2.20. The van der Waals surface area contributed by atoms with Gasteiger partial charge in [-0.05, 0) is 64.2 Å². The van der Waals surface area contributed by atoms with Gasteiger partial charge in [0, 0.05) is 28.0 Å². The Morgan fingerprint density at radius 3 is 2.61 bits per heavy atom. The molecular weight excluding hydrogens is 358 g/mol. The average molecular weight is 374 g/mol. The number of carbonyl (C=O) groups excluding carboxylic acids is 1. The van der Waals surface area contributed by atoms with Crippen molar-refractivity contribution in [1.29, 1.82) is 0 Å². The number of carbonyl (C=O) groups is 1. The van der Waals surface area contributed by atoms with Crippen LogP contribution in [0.1, 0.15) is 27.9 Å². The van der Waals surface area contributed by atoms with Gasteiger partial charge in [0.05, 0.1) is 14.2 Å². The number of ketones is 1. The van der Waals surface area contributed by atoms with Crippen LogP contribution in [0.3, 0.4) is 0 Å². The standard InChI is InChI=1S/C18H16BrNO3/c1-22-16-8-11-3-4-13(7-12-5-6-20-10-15(12)19)18(21)14(11)9-17(16)23-2/h5-10H,3-4H2,1-2H3. The first-order valence-corrected chi connectivity index (χ1v) is 8.03. The fraction of sp³-hybridized carbons (Fsp3) is 0.222. The fourth-order valence-corrected chi connectivity index (χ4v) is 3.09. The lowest BCUT2D eigenvalue weighted by Crippen LogP contribution is -2.14. The zero-order valence-electron chi connectivity index (χ0n) is 12.9. The van der Waals surface area contributed by atoms with Crippen LogP contribution in [0.5, 0.6) is 11.5 Å². The largest absolute Gasteiger partial charge is 0.493 e. The second-order valence-electron chi connectivity index (χ2n) is 5.26. The van der Waals surface area contributed by atoms with Gasteiger partial charge in [-0.15, -0.1) is 0 Å². The highest BCUT2D eigenvalue weighted by molar-refractivity contribution is 9.10. The van der Waals surface area contributed by atoms with E-state index in [1.165, 1.54) is 0 Å². The maximum atomic E-state index is 12.8. The Hall–Kier alpha value is -2.14. The number of methoxy groups -OCH3 is 2. The summed E-state index contributed by atoms with van der Waals surface area (Å²) in [5.41, 5.74) is 3.42. The lowest BCUT2D eigenvalue weighted by atomic mass is 9.85. The van der Waals surface area contributed by atoms with Crippen molar-refractivity contribution >= 4 is 27.8 Å². The summed E-state index contributed by atoms with van der Waals surface area (Å²) in [5, 5.41) is 0. The Kier molecular flexibility index (Phi) is 4.48. The van der Waals surface area contributed by atoms with E-state index in [4.69, 9.17) is 9.47 Å². The lowest BCUT2D eigenvalue weighted by molar-refractivity contribution is 0.102. The monoisotopic (exact) mass is 373 g/mol. The summed E-state index contributed by atoms with van der Waals surface area (Å²) in [6.45, 7) is 0. The quantitative estimate of drug-likeness (QED) is 0.760. The number of aryl methyl sites for hydroxylation is 1. The minimum absolute atomic E-state index is 0.0379. The molecule has 0 aliphatic heterocycles. The highest BCUT2D eigenvalue weighted by Crippen LogP contribution is 2.36. The zero-order chi connectivity index (χ0) is 16.4. The van der Waals surface area contributed by atoms with E-state index in [9.17, 15) is 4.79 Å². The van der Waals surface area contributed by atoms with Crippen LogP contribution in [0.15, 0.2) is 40.6 Å². The van der Waals surface area contributed by atoms with Gasteiger partial charge >= 0.3 is 0 Å². The Bertz CT molecular complexity index is 799. The summed E-state index contributed by atoms with van der Waals surface area (Å²) in [6, 6.07) is 5.55. The second-order valence-corrected chi connectivity index (χ2v) is 6.11. The molecule has 2 aromatic rings. The maximum Gasteiger partial charge on any atom is 0.189 e. The molecule has 0 saturated carbocycles. The molecule has 1 aromatic carbocycles. The second kappa shape index (κ2) is 6.54. The number of hydrogen-bond donors (Lipinski definition) is 0. The Balaban J connectivity index is 2.02. The van der Waals surface area contributed by atoms with Crippen LogP contribution in [0.2, 0.25) is 0 Å². The first-order chi connectivity index (χ1) is 11.1. The van der Waals surface area contributed by atoms with E-state index in [1.54, 1.807) is 32.7 Å². The first-order valence-electron chi connectivity index (χ1n) is 7.23. The fourth-order valence-electron chi connectivity index (χ4n) is 2.72. The third-order valence-corrected chi connectivity index (χ3v) is 4.61. The summed E-state index contributed by atoms with van der Waals surface area (Å²) in [6.07, 6.45) is 6.87. The van der Waals surface area contributed by atoms with Crippen molar-refractivity contribution in [1.82, 2.24) is 4.98 Å². The summed E-state index contributed by atoms with van der Waals surface area (Å²) in [4.78, 5) is 16.8. The van der Waals surface area contributed by atoms with Gasteiger partial charge in [0.1, 0.15) is 0 Å². The Morgan fingerprint density at radius 2 is 1.91 bits per heavy atom. The van der Waals surface area contributed by atoms with Gasteiger partial charge < -0.3 is 9.47 Å². The number of Topliss-reactive ketones (excluding diaryl/α,β-unsaturated/α-hetero) is 1. The van der Waals surface area contributed by atoms with Crippen LogP contribution in [-0.2, 0) is 6.42 Å². The Labute approximate surface area is 143 Å². The maximum absolute atomic E-state index is 12.8. The number of hydrogen-bond acceptors (Lipinski definition) is 4. The summed E-state index contributed by atoms with van der Waals surface area (Å²) < 4.78 is 11.5. The molecule has 4 nitrogen and oxygen atoms in total. The first kappa shape index (κ1) is 15.7. The number of aromatic nitrogens is 1. The van der Waals surface area contributed by atoms with Crippen molar-refractivity contribution < 1.29 is 14.3 Å². The number of ether oxygens (including phenoxy) is 2. The van der Waals surface area contributed by atoms with Gasteiger partial charge in [0.2, 0.25) is 0 Å². The number of allylic oxidation sites excluding steroid dienone is 1. The van der Waals surface area contributed by atoms with Crippen LogP contribution in [0, 0.1) is 0 Å². The van der Waals surface area contributed by atoms with E-state index in [1.807, 2.05) is 18.2 Å². The molecule has 0 spiro atoms. The van der Waals surface area contributed by atoms with Crippen molar-refractivity contribution in [2.75, 3.05) is 14.2 Å².